The Kier molecular flexibility index (Phi) is 3.98. The average Bonchev–Trinajstić information content (AvgIpc) is 3.15. The Morgan fingerprint density at radius 3 is 2.38 bits per heavy atom. The van der Waals surface area contributed by atoms with Gasteiger partial charge in [0.05, 0.1) is 0 Å². The summed E-state index contributed by atoms with van der Waals surface area (Å²) >= 11 is 3.25. The lowest BCUT2D eigenvalue weighted by molar-refractivity contribution is 0.130. The summed E-state index contributed by atoms with van der Waals surface area (Å²) in [4.78, 5) is 17.0. The third kappa shape index (κ3) is 2.67. The van der Waals surface area contributed by atoms with Crippen LogP contribution < -0.4 is 5.32 Å². The summed E-state index contributed by atoms with van der Waals surface area (Å²) < 4.78 is 6.03. The number of halogens is 1. The molecule has 122 valence electrons. The average molecular weight is 387 g/mol. The number of ether oxygens (including phenoxy) is 1. The lowest BCUT2D eigenvalue weighted by Crippen LogP contribution is -2.39. The number of alkyl carbamates (subject to hydrolysis) is 1. The summed E-state index contributed by atoms with van der Waals surface area (Å²) in [6.07, 6.45) is -0.473. The van der Waals surface area contributed by atoms with E-state index in [2.05, 4.69) is 50.7 Å². The normalized spacial score (nSPS) is 18.4. The SMILES string of the molecule is O=C(NC1CON=C1Br)OCC1c2ccccc2-c2ccccc21. The summed E-state index contributed by atoms with van der Waals surface area (Å²) in [6, 6.07) is 16.2. The van der Waals surface area contributed by atoms with E-state index in [9.17, 15) is 4.79 Å². The molecule has 1 heterocycles. The number of carbonyl (C=O) groups excluding carboxylic acids is 1. The van der Waals surface area contributed by atoms with Gasteiger partial charge in [-0.05, 0) is 38.2 Å². The number of hydrogen-bond donors (Lipinski definition) is 1. The molecule has 0 radical (unpaired) electrons. The van der Waals surface area contributed by atoms with Gasteiger partial charge in [0.1, 0.15) is 23.9 Å². The third-order valence-electron chi connectivity index (χ3n) is 4.32. The zero-order valence-corrected chi connectivity index (χ0v) is 14.3. The van der Waals surface area contributed by atoms with Crippen LogP contribution in [-0.2, 0) is 9.57 Å². The largest absolute Gasteiger partial charge is 0.449 e. The van der Waals surface area contributed by atoms with Crippen molar-refractivity contribution in [3.63, 3.8) is 0 Å². The number of rotatable bonds is 3. The van der Waals surface area contributed by atoms with Crippen LogP contribution in [0.3, 0.4) is 0 Å². The van der Waals surface area contributed by atoms with Gasteiger partial charge in [0, 0.05) is 5.92 Å². The first-order valence-electron chi connectivity index (χ1n) is 7.71. The minimum Gasteiger partial charge on any atom is -0.449 e. The summed E-state index contributed by atoms with van der Waals surface area (Å²) in [5, 5.41) is 6.47. The Bertz CT molecular complexity index is 776. The minimum atomic E-state index is -0.473. The molecule has 0 saturated carbocycles. The quantitative estimate of drug-likeness (QED) is 0.875. The Labute approximate surface area is 147 Å². The lowest BCUT2D eigenvalue weighted by atomic mass is 9.98. The lowest BCUT2D eigenvalue weighted by Gasteiger charge is -2.15. The van der Waals surface area contributed by atoms with Crippen molar-refractivity contribution in [2.45, 2.75) is 12.0 Å². The van der Waals surface area contributed by atoms with Crippen molar-refractivity contribution in [1.82, 2.24) is 5.32 Å². The standard InChI is InChI=1S/C18H15BrN2O3/c19-17-16(10-24-21-17)20-18(22)23-9-15-13-7-3-1-5-11(13)12-6-2-4-8-14(12)15/h1-8,15-16H,9-10H2,(H,20,22). The van der Waals surface area contributed by atoms with E-state index in [0.717, 1.165) is 0 Å². The molecule has 1 N–H and O–H groups in total. The first-order valence-corrected chi connectivity index (χ1v) is 8.50. The third-order valence-corrected chi connectivity index (χ3v) is 5.01. The molecule has 4 rings (SSSR count). The fourth-order valence-electron chi connectivity index (χ4n) is 3.19. The second-order valence-corrected chi connectivity index (χ2v) is 6.54. The molecular weight excluding hydrogens is 372 g/mol. The van der Waals surface area contributed by atoms with Crippen molar-refractivity contribution in [2.75, 3.05) is 13.2 Å². The Hall–Kier alpha value is -2.34. The second kappa shape index (κ2) is 6.28. The second-order valence-electron chi connectivity index (χ2n) is 5.73. The van der Waals surface area contributed by atoms with Gasteiger partial charge >= 0.3 is 6.09 Å². The van der Waals surface area contributed by atoms with Gasteiger partial charge in [-0.25, -0.2) is 4.79 Å². The zero-order valence-electron chi connectivity index (χ0n) is 12.7. The van der Waals surface area contributed by atoms with E-state index in [1.807, 2.05) is 24.3 Å². The van der Waals surface area contributed by atoms with Gasteiger partial charge in [-0.3, -0.25) is 0 Å². The summed E-state index contributed by atoms with van der Waals surface area (Å²) in [7, 11) is 0. The van der Waals surface area contributed by atoms with Crippen LogP contribution in [0.15, 0.2) is 53.7 Å². The number of oxime groups is 1. The highest BCUT2D eigenvalue weighted by molar-refractivity contribution is 9.18. The molecule has 24 heavy (non-hydrogen) atoms. The number of amides is 1. The molecule has 0 spiro atoms. The Morgan fingerprint density at radius 2 is 1.79 bits per heavy atom. The first kappa shape index (κ1) is 15.2. The van der Waals surface area contributed by atoms with Gasteiger partial charge in [0.15, 0.2) is 0 Å². The van der Waals surface area contributed by atoms with E-state index in [0.29, 0.717) is 17.8 Å². The Morgan fingerprint density at radius 1 is 1.17 bits per heavy atom. The highest BCUT2D eigenvalue weighted by Crippen LogP contribution is 2.44. The number of carbonyl (C=O) groups is 1. The molecule has 0 bridgehead atoms. The van der Waals surface area contributed by atoms with Gasteiger partial charge in [0.25, 0.3) is 0 Å². The van der Waals surface area contributed by atoms with E-state index < -0.39 is 6.09 Å². The van der Waals surface area contributed by atoms with Crippen LogP contribution in [0.2, 0.25) is 0 Å². The number of benzene rings is 2. The maximum absolute atomic E-state index is 12.1. The van der Waals surface area contributed by atoms with Crippen LogP contribution in [-0.4, -0.2) is 30.0 Å². The fourth-order valence-corrected chi connectivity index (χ4v) is 3.54. The van der Waals surface area contributed by atoms with Crippen LogP contribution in [0.5, 0.6) is 0 Å². The van der Waals surface area contributed by atoms with E-state index in [4.69, 9.17) is 9.57 Å². The van der Waals surface area contributed by atoms with Crippen molar-refractivity contribution in [2.24, 2.45) is 5.16 Å². The predicted molar refractivity (Wildman–Crippen MR) is 94.3 cm³/mol. The van der Waals surface area contributed by atoms with Gasteiger partial charge < -0.3 is 14.9 Å². The van der Waals surface area contributed by atoms with E-state index >= 15 is 0 Å². The molecule has 1 atom stereocenters. The monoisotopic (exact) mass is 386 g/mol. The molecule has 1 unspecified atom stereocenters. The molecule has 1 aliphatic carbocycles. The molecule has 1 amide bonds. The highest BCUT2D eigenvalue weighted by atomic mass is 79.9. The van der Waals surface area contributed by atoms with E-state index in [-0.39, 0.29) is 12.0 Å². The number of nitrogens with zero attached hydrogens (tertiary/aromatic N) is 1. The molecule has 6 heteroatoms. The summed E-state index contributed by atoms with van der Waals surface area (Å²) in [6.45, 7) is 0.604. The van der Waals surface area contributed by atoms with E-state index in [1.54, 1.807) is 0 Å². The highest BCUT2D eigenvalue weighted by Gasteiger charge is 2.30. The number of hydrogen-bond acceptors (Lipinski definition) is 4. The van der Waals surface area contributed by atoms with Crippen molar-refractivity contribution in [1.29, 1.82) is 0 Å². The molecule has 0 aromatic heterocycles. The fraction of sp³-hybridized carbons (Fsp3) is 0.222. The van der Waals surface area contributed by atoms with Crippen molar-refractivity contribution >= 4 is 26.6 Å². The van der Waals surface area contributed by atoms with Crippen LogP contribution in [0.4, 0.5) is 4.79 Å². The number of fused-ring (bicyclic) bond motifs is 3. The van der Waals surface area contributed by atoms with Crippen LogP contribution in [0, 0.1) is 0 Å². The smallest absolute Gasteiger partial charge is 0.407 e. The molecule has 2 aromatic carbocycles. The molecule has 5 nitrogen and oxygen atoms in total. The van der Waals surface area contributed by atoms with Crippen LogP contribution in [0.1, 0.15) is 17.0 Å². The molecule has 2 aromatic rings. The van der Waals surface area contributed by atoms with Crippen LogP contribution >= 0.6 is 15.9 Å². The van der Waals surface area contributed by atoms with Gasteiger partial charge in [-0.15, -0.1) is 0 Å². The summed E-state index contributed by atoms with van der Waals surface area (Å²) in [5.74, 6) is 0.0556. The van der Waals surface area contributed by atoms with Crippen LogP contribution in [0.25, 0.3) is 11.1 Å². The maximum atomic E-state index is 12.1. The van der Waals surface area contributed by atoms with Gasteiger partial charge in [-0.1, -0.05) is 53.7 Å². The molecule has 0 fully saturated rings. The first-order chi connectivity index (χ1) is 11.7. The van der Waals surface area contributed by atoms with Gasteiger partial charge in [0.2, 0.25) is 0 Å². The Balaban J connectivity index is 1.49. The topological polar surface area (TPSA) is 59.9 Å². The van der Waals surface area contributed by atoms with Crippen molar-refractivity contribution < 1.29 is 14.4 Å². The van der Waals surface area contributed by atoms with Gasteiger partial charge in [-0.2, -0.15) is 0 Å². The molecule has 0 saturated heterocycles. The van der Waals surface area contributed by atoms with E-state index in [1.165, 1.54) is 22.3 Å². The molecule has 2 aliphatic rings. The predicted octanol–water partition coefficient (Wildman–Crippen LogP) is 3.63. The summed E-state index contributed by atoms with van der Waals surface area (Å²) in [5.41, 5.74) is 4.80. The minimum absolute atomic E-state index is 0.0556. The molecule has 1 aliphatic heterocycles. The zero-order chi connectivity index (χ0) is 16.5. The van der Waals surface area contributed by atoms with Crippen molar-refractivity contribution in [3.05, 3.63) is 59.7 Å². The number of nitrogens with one attached hydrogen (secondary N) is 1. The van der Waals surface area contributed by atoms with Crippen molar-refractivity contribution in [3.8, 4) is 11.1 Å². The molecular formula is C18H15BrN2O3. The maximum Gasteiger partial charge on any atom is 0.407 e.